The van der Waals surface area contributed by atoms with Crippen molar-refractivity contribution in [3.05, 3.63) is 117 Å². The fourth-order valence-corrected chi connectivity index (χ4v) is 5.24. The van der Waals surface area contributed by atoms with E-state index in [4.69, 9.17) is 23.2 Å². The molecule has 0 aliphatic heterocycles. The van der Waals surface area contributed by atoms with E-state index < -0.39 is 5.97 Å². The average molecular weight is 549 g/mol. The number of benzene rings is 3. The Morgan fingerprint density at radius 3 is 2.19 bits per heavy atom. The van der Waals surface area contributed by atoms with E-state index in [9.17, 15) is 14.7 Å². The molecule has 1 aromatic heterocycles. The van der Waals surface area contributed by atoms with E-state index in [1.807, 2.05) is 42.5 Å². The van der Waals surface area contributed by atoms with E-state index in [0.29, 0.717) is 20.9 Å². The van der Waals surface area contributed by atoms with E-state index in [-0.39, 0.29) is 28.6 Å². The van der Waals surface area contributed by atoms with E-state index in [0.717, 1.165) is 29.0 Å². The van der Waals surface area contributed by atoms with Crippen LogP contribution in [0.25, 0.3) is 0 Å². The average Bonchev–Trinajstić information content (AvgIpc) is 3.75. The number of nitrogens with zero attached hydrogens (tertiary/aromatic N) is 1. The van der Waals surface area contributed by atoms with Gasteiger partial charge in [0.25, 0.3) is 0 Å². The number of carboxylic acid groups (broad SMARTS) is 1. The van der Waals surface area contributed by atoms with Crippen molar-refractivity contribution in [1.82, 2.24) is 4.98 Å². The Labute approximate surface area is 228 Å². The zero-order chi connectivity index (χ0) is 25.9. The molecule has 3 aromatic carbocycles. The van der Waals surface area contributed by atoms with Crippen LogP contribution in [-0.4, -0.2) is 21.8 Å². The van der Waals surface area contributed by atoms with Gasteiger partial charge in [0.2, 0.25) is 5.78 Å². The number of carbonyl (C=O) groups is 2. The Morgan fingerprint density at radius 2 is 1.59 bits per heavy atom. The molecule has 2 N–H and O–H groups in total. The second kappa shape index (κ2) is 11.0. The quantitative estimate of drug-likeness (QED) is 0.206. The first-order chi connectivity index (χ1) is 17.9. The van der Waals surface area contributed by atoms with Crippen LogP contribution < -0.4 is 5.32 Å². The zero-order valence-corrected chi connectivity index (χ0v) is 21.9. The van der Waals surface area contributed by atoms with Crippen molar-refractivity contribution in [1.29, 1.82) is 0 Å². The van der Waals surface area contributed by atoms with Crippen LogP contribution in [-0.2, 0) is 0 Å². The van der Waals surface area contributed by atoms with E-state index >= 15 is 0 Å². The van der Waals surface area contributed by atoms with Gasteiger partial charge in [0.15, 0.2) is 0 Å². The predicted octanol–water partition coefficient (Wildman–Crippen LogP) is 8.03. The summed E-state index contributed by atoms with van der Waals surface area (Å²) in [5.74, 6) is -0.901. The largest absolute Gasteiger partial charge is 0.478 e. The van der Waals surface area contributed by atoms with Gasteiger partial charge in [-0.05, 0) is 91.1 Å². The molecule has 1 heterocycles. The Hall–Kier alpha value is -3.32. The number of pyridine rings is 1. The summed E-state index contributed by atoms with van der Waals surface area (Å²) in [5, 5.41) is 14.6. The lowest BCUT2D eigenvalue weighted by atomic mass is 10.0. The molecular formula is C29H22Cl2N2O3S. The van der Waals surface area contributed by atoms with Gasteiger partial charge in [-0.15, -0.1) is 0 Å². The first-order valence-corrected chi connectivity index (χ1v) is 13.3. The number of nitrogens with one attached hydrogen (secondary N) is 1. The number of rotatable bonds is 9. The second-order valence-corrected chi connectivity index (χ2v) is 10.8. The van der Waals surface area contributed by atoms with Crippen molar-refractivity contribution in [2.75, 3.05) is 5.32 Å². The SMILES string of the molecule is O=C(c1ccc(Sc2ccc(Cl)cc2)c(C(=O)O)c1)c1ccc(NC(c2ccc(Cl)cc2)C2CC2)cn1. The molecule has 1 fully saturated rings. The first kappa shape index (κ1) is 25.3. The lowest BCUT2D eigenvalue weighted by Gasteiger charge is -2.20. The van der Waals surface area contributed by atoms with Crippen molar-refractivity contribution in [2.24, 2.45) is 5.92 Å². The molecule has 1 atom stereocenters. The summed E-state index contributed by atoms with van der Waals surface area (Å²) in [5.41, 5.74) is 2.53. The van der Waals surface area contributed by atoms with Gasteiger partial charge in [-0.2, -0.15) is 0 Å². The van der Waals surface area contributed by atoms with Gasteiger partial charge in [-0.1, -0.05) is 47.1 Å². The molecule has 1 aliphatic rings. The van der Waals surface area contributed by atoms with Crippen molar-refractivity contribution in [3.8, 4) is 0 Å². The van der Waals surface area contributed by atoms with Crippen molar-refractivity contribution < 1.29 is 14.7 Å². The number of hydrogen-bond acceptors (Lipinski definition) is 5. The minimum absolute atomic E-state index is 0.0549. The normalized spacial score (nSPS) is 13.7. The Kier molecular flexibility index (Phi) is 7.51. The number of hydrogen-bond donors (Lipinski definition) is 2. The van der Waals surface area contributed by atoms with Crippen LogP contribution >= 0.6 is 35.0 Å². The van der Waals surface area contributed by atoms with Gasteiger partial charge in [-0.3, -0.25) is 9.78 Å². The molecule has 1 unspecified atom stereocenters. The summed E-state index contributed by atoms with van der Waals surface area (Å²) in [7, 11) is 0. The van der Waals surface area contributed by atoms with Gasteiger partial charge in [0.1, 0.15) is 5.69 Å². The minimum Gasteiger partial charge on any atom is -0.478 e. The summed E-state index contributed by atoms with van der Waals surface area (Å²) in [6.45, 7) is 0. The number of halogens is 2. The van der Waals surface area contributed by atoms with Gasteiger partial charge < -0.3 is 10.4 Å². The Balaban J connectivity index is 1.33. The molecule has 5 rings (SSSR count). The molecule has 1 aliphatic carbocycles. The molecule has 1 saturated carbocycles. The van der Waals surface area contributed by atoms with E-state index in [2.05, 4.69) is 10.3 Å². The summed E-state index contributed by atoms with van der Waals surface area (Å²) >= 11 is 13.3. The molecule has 8 heteroatoms. The summed E-state index contributed by atoms with van der Waals surface area (Å²) in [6, 6.07) is 23.3. The highest BCUT2D eigenvalue weighted by molar-refractivity contribution is 7.99. The van der Waals surface area contributed by atoms with Crippen molar-refractivity contribution in [3.63, 3.8) is 0 Å². The van der Waals surface area contributed by atoms with Gasteiger partial charge in [0.05, 0.1) is 23.5 Å². The molecular weight excluding hydrogens is 527 g/mol. The molecule has 0 bridgehead atoms. The van der Waals surface area contributed by atoms with Crippen LogP contribution in [0.15, 0.2) is 94.9 Å². The minimum atomic E-state index is -1.10. The fourth-order valence-electron chi connectivity index (χ4n) is 4.07. The zero-order valence-electron chi connectivity index (χ0n) is 19.5. The van der Waals surface area contributed by atoms with Gasteiger partial charge in [-0.25, -0.2) is 4.79 Å². The second-order valence-electron chi connectivity index (χ2n) is 8.84. The molecule has 4 aromatic rings. The smallest absolute Gasteiger partial charge is 0.336 e. The van der Waals surface area contributed by atoms with Gasteiger partial charge >= 0.3 is 5.97 Å². The number of carboxylic acids is 1. The molecule has 0 spiro atoms. The van der Waals surface area contributed by atoms with E-state index in [1.54, 1.807) is 36.5 Å². The number of anilines is 1. The van der Waals surface area contributed by atoms with Crippen LogP contribution in [0.1, 0.15) is 50.9 Å². The summed E-state index contributed by atoms with van der Waals surface area (Å²) < 4.78 is 0. The fraction of sp³-hybridized carbons (Fsp3) is 0.138. The molecule has 0 radical (unpaired) electrons. The monoisotopic (exact) mass is 548 g/mol. The Morgan fingerprint density at radius 1 is 0.919 bits per heavy atom. The lowest BCUT2D eigenvalue weighted by Crippen LogP contribution is -2.13. The lowest BCUT2D eigenvalue weighted by molar-refractivity contribution is 0.0693. The van der Waals surface area contributed by atoms with Crippen molar-refractivity contribution in [2.45, 2.75) is 28.7 Å². The highest BCUT2D eigenvalue weighted by Crippen LogP contribution is 2.43. The highest BCUT2D eigenvalue weighted by atomic mass is 35.5. The predicted molar refractivity (Wildman–Crippen MR) is 147 cm³/mol. The molecule has 37 heavy (non-hydrogen) atoms. The van der Waals surface area contributed by atoms with Crippen LogP contribution in [0.4, 0.5) is 5.69 Å². The third-order valence-electron chi connectivity index (χ3n) is 6.15. The van der Waals surface area contributed by atoms with Crippen LogP contribution in [0.5, 0.6) is 0 Å². The van der Waals surface area contributed by atoms with Crippen LogP contribution in [0.3, 0.4) is 0 Å². The van der Waals surface area contributed by atoms with Crippen LogP contribution in [0, 0.1) is 5.92 Å². The maximum atomic E-state index is 13.1. The first-order valence-electron chi connectivity index (χ1n) is 11.7. The summed E-state index contributed by atoms with van der Waals surface area (Å²) in [4.78, 5) is 30.8. The molecule has 5 nitrogen and oxygen atoms in total. The third-order valence-corrected chi connectivity index (χ3v) is 7.74. The Bertz CT molecular complexity index is 1440. The molecule has 186 valence electrons. The number of aromatic nitrogens is 1. The van der Waals surface area contributed by atoms with Crippen LogP contribution in [0.2, 0.25) is 10.0 Å². The maximum absolute atomic E-state index is 13.1. The topological polar surface area (TPSA) is 79.3 Å². The maximum Gasteiger partial charge on any atom is 0.336 e. The number of ketones is 1. The molecule has 0 amide bonds. The molecule has 0 saturated heterocycles. The number of aromatic carboxylic acids is 1. The highest BCUT2D eigenvalue weighted by Gasteiger charge is 2.32. The van der Waals surface area contributed by atoms with E-state index in [1.165, 1.54) is 17.8 Å². The number of carbonyl (C=O) groups excluding carboxylic acids is 1. The standard InChI is InChI=1S/C29H22Cl2N2O3S/c30-20-6-3-18(4-7-20)27(17-1-2-17)33-22-10-13-25(32-16-22)28(34)19-5-14-26(24(15-19)29(35)36)37-23-11-8-21(31)9-12-23/h3-17,27,33H,1-2H2,(H,35,36). The summed E-state index contributed by atoms with van der Waals surface area (Å²) in [6.07, 6.45) is 3.95. The van der Waals surface area contributed by atoms with Gasteiger partial charge in [0, 0.05) is 25.4 Å². The van der Waals surface area contributed by atoms with Crippen molar-refractivity contribution >= 4 is 52.4 Å². The third kappa shape index (κ3) is 6.16.